The number of hydrogen-bond donors (Lipinski definition) is 3. The summed E-state index contributed by atoms with van der Waals surface area (Å²) < 4.78 is 0. The van der Waals surface area contributed by atoms with Gasteiger partial charge in [-0.3, -0.25) is 14.4 Å². The third-order valence-electron chi connectivity index (χ3n) is 2.02. The Hall–Kier alpha value is -1.85. The Morgan fingerprint density at radius 1 is 1.24 bits per heavy atom. The summed E-state index contributed by atoms with van der Waals surface area (Å²) in [5.74, 6) is -1.77. The predicted octanol–water partition coefficient (Wildman–Crippen LogP) is -0.422. The molecule has 0 saturated heterocycles. The minimum atomic E-state index is -1.02. The molecule has 0 aliphatic heterocycles. The Bertz CT molecular complexity index is 313. The lowest BCUT2D eigenvalue weighted by atomic mass is 10.1. The maximum absolute atomic E-state index is 11.4. The van der Waals surface area contributed by atoms with Crippen LogP contribution < -0.4 is 16.8 Å². The van der Waals surface area contributed by atoms with Gasteiger partial charge in [0.15, 0.2) is 0 Å². The van der Waals surface area contributed by atoms with E-state index in [9.17, 15) is 14.4 Å². The van der Waals surface area contributed by atoms with Crippen LogP contribution in [0.25, 0.3) is 0 Å². The van der Waals surface area contributed by atoms with Crippen LogP contribution in [0.15, 0.2) is 12.2 Å². The molecule has 0 aliphatic carbocycles. The molecule has 0 saturated carbocycles. The molecule has 17 heavy (non-hydrogen) atoms. The van der Waals surface area contributed by atoms with Crippen LogP contribution in [0.2, 0.25) is 0 Å². The molecule has 0 aromatic carbocycles. The Labute approximate surface area is 100 Å². The van der Waals surface area contributed by atoms with Gasteiger partial charge in [0.25, 0.3) is 0 Å². The fraction of sp³-hybridized carbons (Fsp3) is 0.545. The summed E-state index contributed by atoms with van der Waals surface area (Å²) in [5, 5.41) is 2.38. The van der Waals surface area contributed by atoms with Gasteiger partial charge in [0, 0.05) is 6.42 Å². The molecule has 3 amide bonds. The first kappa shape index (κ1) is 15.2. The van der Waals surface area contributed by atoms with Crippen molar-refractivity contribution in [1.82, 2.24) is 5.32 Å². The van der Waals surface area contributed by atoms with Gasteiger partial charge < -0.3 is 16.8 Å². The van der Waals surface area contributed by atoms with Gasteiger partial charge in [-0.2, -0.15) is 0 Å². The highest BCUT2D eigenvalue weighted by molar-refractivity contribution is 5.90. The summed E-state index contributed by atoms with van der Waals surface area (Å²) in [5.41, 5.74) is 9.97. The molecule has 96 valence electrons. The van der Waals surface area contributed by atoms with Gasteiger partial charge in [-0.25, -0.2) is 0 Å². The van der Waals surface area contributed by atoms with Gasteiger partial charge in [0.1, 0.15) is 6.04 Å². The summed E-state index contributed by atoms with van der Waals surface area (Å²) in [4.78, 5) is 33.0. The molecule has 6 nitrogen and oxygen atoms in total. The van der Waals surface area contributed by atoms with E-state index < -0.39 is 17.9 Å². The third kappa shape index (κ3) is 8.01. The van der Waals surface area contributed by atoms with Crippen molar-refractivity contribution in [3.63, 3.8) is 0 Å². The van der Waals surface area contributed by atoms with E-state index in [1.54, 1.807) is 0 Å². The first-order valence-corrected chi connectivity index (χ1v) is 5.49. The summed E-state index contributed by atoms with van der Waals surface area (Å²) >= 11 is 0. The maximum atomic E-state index is 11.4. The van der Waals surface area contributed by atoms with Crippen molar-refractivity contribution >= 4 is 17.7 Å². The second-order valence-corrected chi connectivity index (χ2v) is 3.61. The molecule has 0 spiro atoms. The van der Waals surface area contributed by atoms with E-state index in [1.807, 2.05) is 19.1 Å². The van der Waals surface area contributed by atoms with Crippen LogP contribution in [-0.4, -0.2) is 23.8 Å². The van der Waals surface area contributed by atoms with Crippen LogP contribution in [0.3, 0.4) is 0 Å². The molecule has 5 N–H and O–H groups in total. The zero-order chi connectivity index (χ0) is 13.3. The lowest BCUT2D eigenvalue weighted by Crippen LogP contribution is -2.46. The fourth-order valence-electron chi connectivity index (χ4n) is 1.19. The molecule has 1 atom stereocenters. The first-order chi connectivity index (χ1) is 7.97. The zero-order valence-corrected chi connectivity index (χ0v) is 9.94. The highest BCUT2D eigenvalue weighted by atomic mass is 16.2. The van der Waals surface area contributed by atoms with Crippen molar-refractivity contribution in [2.45, 2.75) is 38.6 Å². The third-order valence-corrected chi connectivity index (χ3v) is 2.02. The van der Waals surface area contributed by atoms with Gasteiger partial charge in [0.2, 0.25) is 17.7 Å². The highest BCUT2D eigenvalue weighted by Crippen LogP contribution is 1.96. The molecule has 0 aromatic rings. The number of primary amides is 2. The number of hydrogen-bond acceptors (Lipinski definition) is 3. The highest BCUT2D eigenvalue weighted by Gasteiger charge is 2.19. The topological polar surface area (TPSA) is 115 Å². The molecule has 0 aliphatic rings. The van der Waals surface area contributed by atoms with Crippen molar-refractivity contribution in [3.8, 4) is 0 Å². The van der Waals surface area contributed by atoms with Crippen molar-refractivity contribution in [2.24, 2.45) is 11.5 Å². The molecule has 0 aromatic heterocycles. The van der Waals surface area contributed by atoms with E-state index in [1.165, 1.54) is 0 Å². The van der Waals surface area contributed by atoms with Crippen LogP contribution >= 0.6 is 0 Å². The van der Waals surface area contributed by atoms with Crippen molar-refractivity contribution in [3.05, 3.63) is 12.2 Å². The minimum Gasteiger partial charge on any atom is -0.370 e. The summed E-state index contributed by atoms with van der Waals surface area (Å²) in [7, 11) is 0. The molecular weight excluding hydrogens is 222 g/mol. The molecule has 0 rings (SSSR count). The number of nitrogens with two attached hydrogens (primary N) is 2. The zero-order valence-electron chi connectivity index (χ0n) is 9.94. The average Bonchev–Trinajstić information content (AvgIpc) is 2.22. The minimum absolute atomic E-state index is 0.249. The quantitative estimate of drug-likeness (QED) is 0.501. The van der Waals surface area contributed by atoms with E-state index >= 15 is 0 Å². The SMILES string of the molecule is CC/C=C/CCC(=O)N[C@@H](CC(N)=O)C(N)=O. The van der Waals surface area contributed by atoms with E-state index in [4.69, 9.17) is 11.5 Å². The second-order valence-electron chi connectivity index (χ2n) is 3.61. The van der Waals surface area contributed by atoms with Gasteiger partial charge in [-0.1, -0.05) is 19.1 Å². The Morgan fingerprint density at radius 2 is 1.88 bits per heavy atom. The number of rotatable bonds is 8. The van der Waals surface area contributed by atoms with Crippen LogP contribution in [-0.2, 0) is 14.4 Å². The second kappa shape index (κ2) is 8.32. The molecule has 0 heterocycles. The number of carbonyl (C=O) groups excluding carboxylic acids is 3. The Morgan fingerprint density at radius 3 is 2.35 bits per heavy atom. The largest absolute Gasteiger partial charge is 0.370 e. The van der Waals surface area contributed by atoms with Crippen molar-refractivity contribution < 1.29 is 14.4 Å². The summed E-state index contributed by atoms with van der Waals surface area (Å²) in [6.45, 7) is 1.99. The monoisotopic (exact) mass is 241 g/mol. The van der Waals surface area contributed by atoms with E-state index in [2.05, 4.69) is 5.32 Å². The molecule has 0 unspecified atom stereocenters. The Balaban J connectivity index is 4.08. The van der Waals surface area contributed by atoms with Crippen LogP contribution in [0.1, 0.15) is 32.6 Å². The average molecular weight is 241 g/mol. The molecule has 0 radical (unpaired) electrons. The van der Waals surface area contributed by atoms with Crippen LogP contribution in [0.5, 0.6) is 0 Å². The lowest BCUT2D eigenvalue weighted by molar-refractivity contribution is -0.129. The molecule has 0 bridgehead atoms. The molecule has 0 fully saturated rings. The van der Waals surface area contributed by atoms with Gasteiger partial charge in [-0.05, 0) is 12.8 Å². The van der Waals surface area contributed by atoms with Gasteiger partial charge in [0.05, 0.1) is 6.42 Å². The standard InChI is InChI=1S/C11H19N3O3/c1-2-3-4-5-6-10(16)14-8(11(13)17)7-9(12)15/h3-4,8H,2,5-7H2,1H3,(H2,12,15)(H2,13,17)(H,14,16)/b4-3+/t8-/m0/s1. The fourth-order valence-corrected chi connectivity index (χ4v) is 1.19. The summed E-state index contributed by atoms with van der Waals surface area (Å²) in [6.07, 6.45) is 5.30. The molecular formula is C11H19N3O3. The van der Waals surface area contributed by atoms with Crippen molar-refractivity contribution in [2.75, 3.05) is 0 Å². The number of amides is 3. The smallest absolute Gasteiger partial charge is 0.240 e. The number of allylic oxidation sites excluding steroid dienone is 2. The van der Waals surface area contributed by atoms with Crippen LogP contribution in [0.4, 0.5) is 0 Å². The van der Waals surface area contributed by atoms with E-state index in [0.717, 1.165) is 6.42 Å². The Kier molecular flexibility index (Phi) is 7.41. The number of carbonyl (C=O) groups is 3. The number of nitrogens with one attached hydrogen (secondary N) is 1. The van der Waals surface area contributed by atoms with Gasteiger partial charge >= 0.3 is 0 Å². The van der Waals surface area contributed by atoms with Crippen LogP contribution in [0, 0.1) is 0 Å². The summed E-state index contributed by atoms with van der Waals surface area (Å²) in [6, 6.07) is -1.02. The lowest BCUT2D eigenvalue weighted by Gasteiger charge is -2.13. The molecule has 6 heteroatoms. The normalized spacial score (nSPS) is 12.3. The predicted molar refractivity (Wildman–Crippen MR) is 63.6 cm³/mol. The van der Waals surface area contributed by atoms with E-state index in [-0.39, 0.29) is 18.7 Å². The first-order valence-electron chi connectivity index (χ1n) is 5.49. The van der Waals surface area contributed by atoms with Gasteiger partial charge in [-0.15, -0.1) is 0 Å². The van der Waals surface area contributed by atoms with E-state index in [0.29, 0.717) is 6.42 Å². The maximum Gasteiger partial charge on any atom is 0.240 e. The van der Waals surface area contributed by atoms with Crippen molar-refractivity contribution in [1.29, 1.82) is 0 Å².